The van der Waals surface area contributed by atoms with Gasteiger partial charge in [0.05, 0.1) is 7.11 Å². The molecule has 1 aromatic carbocycles. The zero-order valence-corrected chi connectivity index (χ0v) is 11.1. The molecule has 1 aromatic rings. The zero-order valence-electron chi connectivity index (χ0n) is 10.4. The maximum atomic E-state index is 9.64. The first kappa shape index (κ1) is 14.8. The standard InChI is InChI=1S/C13H18ClNO3/c1-10(14)7-15-8-11(16)9-18-13-5-3-12(17-2)4-6-13/h3-6,11,15-16H,1,7-9H2,2H3. The molecule has 0 spiro atoms. The monoisotopic (exact) mass is 271 g/mol. The van der Waals surface area contributed by atoms with Gasteiger partial charge in [-0.15, -0.1) is 0 Å². The lowest BCUT2D eigenvalue weighted by atomic mass is 10.3. The van der Waals surface area contributed by atoms with Crippen LogP contribution in [0, 0.1) is 0 Å². The Morgan fingerprint density at radius 2 is 2.00 bits per heavy atom. The number of hydrogen-bond acceptors (Lipinski definition) is 4. The second kappa shape index (κ2) is 7.97. The highest BCUT2D eigenvalue weighted by Gasteiger charge is 2.05. The summed E-state index contributed by atoms with van der Waals surface area (Å²) in [5.74, 6) is 1.46. The maximum absolute atomic E-state index is 9.64. The van der Waals surface area contributed by atoms with Crippen LogP contribution in [0.25, 0.3) is 0 Å². The summed E-state index contributed by atoms with van der Waals surface area (Å²) in [6.45, 7) is 4.63. The maximum Gasteiger partial charge on any atom is 0.119 e. The van der Waals surface area contributed by atoms with Gasteiger partial charge in [-0.3, -0.25) is 0 Å². The minimum absolute atomic E-state index is 0.216. The smallest absolute Gasteiger partial charge is 0.119 e. The number of hydrogen-bond donors (Lipinski definition) is 2. The number of rotatable bonds is 8. The van der Waals surface area contributed by atoms with Gasteiger partial charge in [0.2, 0.25) is 0 Å². The Labute approximate surface area is 112 Å². The summed E-state index contributed by atoms with van der Waals surface area (Å²) < 4.78 is 10.5. The number of aliphatic hydroxyl groups excluding tert-OH is 1. The fourth-order valence-electron chi connectivity index (χ4n) is 1.30. The van der Waals surface area contributed by atoms with Crippen molar-refractivity contribution in [3.63, 3.8) is 0 Å². The molecule has 2 N–H and O–H groups in total. The fraction of sp³-hybridized carbons (Fsp3) is 0.385. The van der Waals surface area contributed by atoms with Crippen LogP contribution >= 0.6 is 11.6 Å². The van der Waals surface area contributed by atoms with Crippen LogP contribution in [-0.2, 0) is 0 Å². The van der Waals surface area contributed by atoms with E-state index in [1.807, 2.05) is 0 Å². The first-order valence-corrected chi connectivity index (χ1v) is 5.98. The normalized spacial score (nSPS) is 11.9. The Morgan fingerprint density at radius 3 is 2.56 bits per heavy atom. The van der Waals surface area contributed by atoms with Crippen molar-refractivity contribution in [1.29, 1.82) is 0 Å². The first-order valence-electron chi connectivity index (χ1n) is 5.60. The van der Waals surface area contributed by atoms with Crippen LogP contribution in [-0.4, -0.2) is 38.0 Å². The highest BCUT2D eigenvalue weighted by atomic mass is 35.5. The van der Waals surface area contributed by atoms with Gasteiger partial charge < -0.3 is 19.9 Å². The minimum Gasteiger partial charge on any atom is -0.497 e. The lowest BCUT2D eigenvalue weighted by molar-refractivity contribution is 0.107. The molecule has 0 saturated carbocycles. The van der Waals surface area contributed by atoms with Crippen LogP contribution in [0.5, 0.6) is 11.5 Å². The molecular weight excluding hydrogens is 254 g/mol. The van der Waals surface area contributed by atoms with E-state index in [2.05, 4.69) is 11.9 Å². The molecule has 18 heavy (non-hydrogen) atoms. The van der Waals surface area contributed by atoms with E-state index in [-0.39, 0.29) is 6.61 Å². The highest BCUT2D eigenvalue weighted by Crippen LogP contribution is 2.16. The van der Waals surface area contributed by atoms with E-state index in [0.29, 0.717) is 23.9 Å². The number of aliphatic hydroxyl groups is 1. The third-order valence-electron chi connectivity index (χ3n) is 2.20. The van der Waals surface area contributed by atoms with Crippen molar-refractivity contribution >= 4 is 11.6 Å². The summed E-state index contributed by atoms with van der Waals surface area (Å²) in [4.78, 5) is 0. The van der Waals surface area contributed by atoms with E-state index in [1.54, 1.807) is 31.4 Å². The number of benzene rings is 1. The molecule has 0 saturated heterocycles. The van der Waals surface area contributed by atoms with Gasteiger partial charge in [0.25, 0.3) is 0 Å². The summed E-state index contributed by atoms with van der Waals surface area (Å²) in [5.41, 5.74) is 0. The van der Waals surface area contributed by atoms with E-state index in [4.69, 9.17) is 21.1 Å². The Morgan fingerprint density at radius 1 is 1.39 bits per heavy atom. The molecule has 0 aromatic heterocycles. The fourth-order valence-corrected chi connectivity index (χ4v) is 1.39. The molecule has 5 heteroatoms. The van der Waals surface area contributed by atoms with Gasteiger partial charge >= 0.3 is 0 Å². The van der Waals surface area contributed by atoms with E-state index < -0.39 is 6.10 Å². The van der Waals surface area contributed by atoms with Crippen LogP contribution in [0.4, 0.5) is 0 Å². The second-order valence-corrected chi connectivity index (χ2v) is 4.32. The van der Waals surface area contributed by atoms with Crippen LogP contribution in [0.2, 0.25) is 0 Å². The van der Waals surface area contributed by atoms with Crippen LogP contribution < -0.4 is 14.8 Å². The van der Waals surface area contributed by atoms with Crippen molar-refractivity contribution in [2.24, 2.45) is 0 Å². The molecule has 1 rings (SSSR count). The molecule has 0 aliphatic heterocycles. The summed E-state index contributed by atoms with van der Waals surface area (Å²) in [7, 11) is 1.61. The lowest BCUT2D eigenvalue weighted by Gasteiger charge is -2.13. The predicted octanol–water partition coefficient (Wildman–Crippen LogP) is 1.78. The Balaban J connectivity index is 2.24. The van der Waals surface area contributed by atoms with Gasteiger partial charge in [-0.1, -0.05) is 18.2 Å². The van der Waals surface area contributed by atoms with Gasteiger partial charge in [-0.25, -0.2) is 0 Å². The van der Waals surface area contributed by atoms with Gasteiger partial charge in [0.1, 0.15) is 24.2 Å². The van der Waals surface area contributed by atoms with Crippen molar-refractivity contribution in [3.05, 3.63) is 35.9 Å². The largest absolute Gasteiger partial charge is 0.497 e. The SMILES string of the molecule is C=C(Cl)CNCC(O)COc1ccc(OC)cc1. The lowest BCUT2D eigenvalue weighted by Crippen LogP contribution is -2.32. The summed E-state index contributed by atoms with van der Waals surface area (Å²) >= 11 is 5.58. The molecule has 1 unspecified atom stereocenters. The molecule has 1 atom stereocenters. The van der Waals surface area contributed by atoms with Gasteiger partial charge in [0.15, 0.2) is 0 Å². The Bertz CT molecular complexity index is 367. The zero-order chi connectivity index (χ0) is 13.4. The number of halogens is 1. The summed E-state index contributed by atoms with van der Waals surface area (Å²) in [6, 6.07) is 7.19. The number of methoxy groups -OCH3 is 1. The van der Waals surface area contributed by atoms with E-state index in [9.17, 15) is 5.11 Å². The average Bonchev–Trinajstić information content (AvgIpc) is 2.36. The summed E-state index contributed by atoms with van der Waals surface area (Å²) in [6.07, 6.45) is -0.594. The Kier molecular flexibility index (Phi) is 6.57. The number of nitrogens with one attached hydrogen (secondary N) is 1. The third-order valence-corrected chi connectivity index (χ3v) is 2.33. The van der Waals surface area contributed by atoms with E-state index in [0.717, 1.165) is 5.75 Å². The van der Waals surface area contributed by atoms with Gasteiger partial charge in [-0.05, 0) is 24.3 Å². The van der Waals surface area contributed by atoms with Gasteiger partial charge in [-0.2, -0.15) is 0 Å². The average molecular weight is 272 g/mol. The molecule has 0 heterocycles. The first-order chi connectivity index (χ1) is 8.61. The summed E-state index contributed by atoms with van der Waals surface area (Å²) in [5, 5.41) is 13.1. The Hall–Kier alpha value is -1.23. The van der Waals surface area contributed by atoms with Gasteiger partial charge in [0, 0.05) is 18.1 Å². The molecule has 0 radical (unpaired) electrons. The molecular formula is C13H18ClNO3. The number of ether oxygens (including phenoxy) is 2. The molecule has 4 nitrogen and oxygen atoms in total. The highest BCUT2D eigenvalue weighted by molar-refractivity contribution is 6.29. The van der Waals surface area contributed by atoms with Crippen molar-refractivity contribution < 1.29 is 14.6 Å². The van der Waals surface area contributed by atoms with Crippen molar-refractivity contribution in [2.45, 2.75) is 6.10 Å². The minimum atomic E-state index is -0.594. The second-order valence-electron chi connectivity index (χ2n) is 3.79. The molecule has 100 valence electrons. The third kappa shape index (κ3) is 5.91. The van der Waals surface area contributed by atoms with Crippen molar-refractivity contribution in [3.8, 4) is 11.5 Å². The molecule has 0 fully saturated rings. The molecule has 0 aliphatic rings. The van der Waals surface area contributed by atoms with Crippen molar-refractivity contribution in [2.75, 3.05) is 26.8 Å². The van der Waals surface area contributed by atoms with E-state index >= 15 is 0 Å². The molecule has 0 aliphatic carbocycles. The molecule has 0 bridgehead atoms. The van der Waals surface area contributed by atoms with Crippen LogP contribution in [0.15, 0.2) is 35.9 Å². The molecule has 0 amide bonds. The quantitative estimate of drug-likeness (QED) is 0.757. The van der Waals surface area contributed by atoms with E-state index in [1.165, 1.54) is 0 Å². The van der Waals surface area contributed by atoms with Crippen LogP contribution in [0.3, 0.4) is 0 Å². The van der Waals surface area contributed by atoms with Crippen molar-refractivity contribution in [1.82, 2.24) is 5.32 Å². The topological polar surface area (TPSA) is 50.7 Å². The predicted molar refractivity (Wildman–Crippen MR) is 72.4 cm³/mol. The van der Waals surface area contributed by atoms with Crippen LogP contribution in [0.1, 0.15) is 0 Å².